The van der Waals surface area contributed by atoms with Crippen LogP contribution in [0.5, 0.6) is 0 Å². The number of H-pyrrole nitrogens is 1. The highest BCUT2D eigenvalue weighted by molar-refractivity contribution is 5.80. The Morgan fingerprint density at radius 2 is 1.63 bits per heavy atom. The lowest BCUT2D eigenvalue weighted by molar-refractivity contribution is 0.628. The molecular weight excluding hydrogens is 379 g/mol. The van der Waals surface area contributed by atoms with E-state index in [0.717, 1.165) is 12.0 Å². The van der Waals surface area contributed by atoms with Crippen molar-refractivity contribution in [2.75, 3.05) is 18.5 Å². The zero-order valence-corrected chi connectivity index (χ0v) is 16.5. The summed E-state index contributed by atoms with van der Waals surface area (Å²) in [5, 5.41) is 0. The fourth-order valence-corrected chi connectivity index (χ4v) is 3.29. The molecule has 1 N–H and O–H groups in total. The molecule has 0 aliphatic rings. The third-order valence-electron chi connectivity index (χ3n) is 4.93. The molecule has 2 aromatic heterocycles. The van der Waals surface area contributed by atoms with Crippen LogP contribution in [-0.4, -0.2) is 28.5 Å². The highest BCUT2D eigenvalue weighted by Gasteiger charge is 2.17. The largest absolute Gasteiger partial charge is 0.345 e. The number of hydrogen-bond donors (Lipinski definition) is 1. The predicted molar refractivity (Wildman–Crippen MR) is 117 cm³/mol. The summed E-state index contributed by atoms with van der Waals surface area (Å²) < 4.78 is 13.4. The highest BCUT2D eigenvalue weighted by Crippen LogP contribution is 2.28. The monoisotopic (exact) mass is 400 g/mol. The van der Waals surface area contributed by atoms with Gasteiger partial charge in [-0.2, -0.15) is 0 Å². The molecule has 0 saturated carbocycles. The highest BCUT2D eigenvalue weighted by atomic mass is 19.1. The van der Waals surface area contributed by atoms with Gasteiger partial charge in [-0.15, -0.1) is 0 Å². The molecule has 0 aliphatic carbocycles. The van der Waals surface area contributed by atoms with Crippen LogP contribution in [0.2, 0.25) is 0 Å². The van der Waals surface area contributed by atoms with E-state index in [1.165, 1.54) is 17.7 Å². The van der Waals surface area contributed by atoms with E-state index in [1.54, 1.807) is 24.5 Å². The number of anilines is 1. The molecule has 5 nitrogen and oxygen atoms in total. The molecule has 4 rings (SSSR count). The van der Waals surface area contributed by atoms with Gasteiger partial charge in [0.15, 0.2) is 0 Å². The van der Waals surface area contributed by atoms with Gasteiger partial charge < -0.3 is 4.90 Å². The van der Waals surface area contributed by atoms with Crippen LogP contribution in [0, 0.1) is 5.82 Å². The van der Waals surface area contributed by atoms with E-state index < -0.39 is 0 Å². The van der Waals surface area contributed by atoms with Crippen LogP contribution in [0.15, 0.2) is 83.9 Å². The summed E-state index contributed by atoms with van der Waals surface area (Å²) in [4.78, 5) is 26.7. The Balaban J connectivity index is 1.74. The average Bonchev–Trinajstić information content (AvgIpc) is 2.79. The number of benzene rings is 2. The van der Waals surface area contributed by atoms with Crippen molar-refractivity contribution in [3.63, 3.8) is 0 Å². The van der Waals surface area contributed by atoms with Crippen LogP contribution in [0.25, 0.3) is 22.4 Å². The van der Waals surface area contributed by atoms with Crippen molar-refractivity contribution >= 4 is 5.95 Å². The number of hydrogen-bond acceptors (Lipinski definition) is 4. The molecule has 6 heteroatoms. The van der Waals surface area contributed by atoms with E-state index in [2.05, 4.69) is 22.1 Å². The van der Waals surface area contributed by atoms with Gasteiger partial charge in [0.05, 0.1) is 11.3 Å². The zero-order valence-electron chi connectivity index (χ0n) is 16.5. The lowest BCUT2D eigenvalue weighted by Gasteiger charge is -2.19. The number of nitrogens with zero attached hydrogens (tertiary/aromatic N) is 3. The number of rotatable bonds is 6. The summed E-state index contributed by atoms with van der Waals surface area (Å²) in [6.45, 7) is 0.693. The predicted octanol–water partition coefficient (Wildman–Crippen LogP) is 4.32. The first kappa shape index (κ1) is 19.5. The van der Waals surface area contributed by atoms with Gasteiger partial charge in [-0.05, 0) is 41.8 Å². The summed E-state index contributed by atoms with van der Waals surface area (Å²) in [7, 11) is 1.90. The normalized spacial score (nSPS) is 10.7. The molecule has 4 aromatic rings. The average molecular weight is 400 g/mol. The number of halogens is 1. The maximum atomic E-state index is 13.4. The lowest BCUT2D eigenvalue weighted by Crippen LogP contribution is -2.26. The van der Waals surface area contributed by atoms with Crippen molar-refractivity contribution in [3.05, 3.63) is 101 Å². The lowest BCUT2D eigenvalue weighted by atomic mass is 10.0. The Kier molecular flexibility index (Phi) is 5.66. The summed E-state index contributed by atoms with van der Waals surface area (Å²) >= 11 is 0. The maximum Gasteiger partial charge on any atom is 0.260 e. The van der Waals surface area contributed by atoms with E-state index in [-0.39, 0.29) is 11.4 Å². The number of aromatic amines is 1. The van der Waals surface area contributed by atoms with E-state index in [4.69, 9.17) is 4.98 Å². The smallest absolute Gasteiger partial charge is 0.260 e. The first-order valence-electron chi connectivity index (χ1n) is 9.67. The number of nitrogens with one attached hydrogen (secondary N) is 1. The number of aromatic nitrogens is 3. The fraction of sp³-hybridized carbons (Fsp3) is 0.125. The molecule has 0 aliphatic heterocycles. The van der Waals surface area contributed by atoms with Crippen molar-refractivity contribution < 1.29 is 4.39 Å². The van der Waals surface area contributed by atoms with E-state index in [9.17, 15) is 9.18 Å². The molecule has 150 valence electrons. The molecule has 2 heterocycles. The standard InChI is InChI=1S/C24H21FN4O/c1-29(16-13-17-5-3-2-4-6-17)24-27-22(19-11-14-26-15-12-19)21(23(30)28-24)18-7-9-20(25)10-8-18/h2-12,14-15H,13,16H2,1H3,(H,27,28,30). The van der Waals surface area contributed by atoms with Gasteiger partial charge in [0.1, 0.15) is 5.82 Å². The fourth-order valence-electron chi connectivity index (χ4n) is 3.29. The van der Waals surface area contributed by atoms with Crippen molar-refractivity contribution in [1.82, 2.24) is 15.0 Å². The molecule has 30 heavy (non-hydrogen) atoms. The van der Waals surface area contributed by atoms with Crippen molar-refractivity contribution in [2.24, 2.45) is 0 Å². The van der Waals surface area contributed by atoms with Gasteiger partial charge in [-0.3, -0.25) is 14.8 Å². The molecular formula is C24H21FN4O. The summed E-state index contributed by atoms with van der Waals surface area (Å²) in [6, 6.07) is 19.6. The molecule has 0 spiro atoms. The van der Waals surface area contributed by atoms with Gasteiger partial charge >= 0.3 is 0 Å². The van der Waals surface area contributed by atoms with Crippen LogP contribution in [-0.2, 0) is 6.42 Å². The van der Waals surface area contributed by atoms with Crippen LogP contribution in [0.4, 0.5) is 10.3 Å². The Bertz CT molecular complexity index is 1180. The molecule has 2 aromatic carbocycles. The minimum atomic E-state index is -0.356. The first-order chi connectivity index (χ1) is 14.6. The van der Waals surface area contributed by atoms with Gasteiger partial charge in [0.2, 0.25) is 5.95 Å². The molecule has 0 amide bonds. The van der Waals surface area contributed by atoms with Gasteiger partial charge in [0, 0.05) is 31.5 Å². The molecule has 0 radical (unpaired) electrons. The summed E-state index contributed by atoms with van der Waals surface area (Å²) in [5.74, 6) is 0.125. The van der Waals surface area contributed by atoms with Gasteiger partial charge in [0.25, 0.3) is 5.56 Å². The Morgan fingerprint density at radius 3 is 2.33 bits per heavy atom. The minimum Gasteiger partial charge on any atom is -0.345 e. The number of likely N-dealkylation sites (N-methyl/N-ethyl adjacent to an activating group) is 1. The minimum absolute atomic E-state index is 0.273. The van der Waals surface area contributed by atoms with Crippen LogP contribution in [0.3, 0.4) is 0 Å². The third kappa shape index (κ3) is 4.27. The Labute approximate surface area is 173 Å². The van der Waals surface area contributed by atoms with Crippen molar-refractivity contribution in [1.29, 1.82) is 0 Å². The second-order valence-corrected chi connectivity index (χ2v) is 7.01. The van der Waals surface area contributed by atoms with E-state index in [0.29, 0.717) is 29.3 Å². The quantitative estimate of drug-likeness (QED) is 0.524. The van der Waals surface area contributed by atoms with Gasteiger partial charge in [-0.1, -0.05) is 42.5 Å². The molecule has 0 atom stereocenters. The Morgan fingerprint density at radius 1 is 0.933 bits per heavy atom. The van der Waals surface area contributed by atoms with Gasteiger partial charge in [-0.25, -0.2) is 9.37 Å². The molecule has 0 bridgehead atoms. The third-order valence-corrected chi connectivity index (χ3v) is 4.93. The zero-order chi connectivity index (χ0) is 20.9. The summed E-state index contributed by atoms with van der Waals surface area (Å²) in [6.07, 6.45) is 4.14. The summed E-state index contributed by atoms with van der Waals surface area (Å²) in [5.41, 5.74) is 3.26. The SMILES string of the molecule is CN(CCc1ccccc1)c1nc(-c2ccncc2)c(-c2ccc(F)cc2)c(=O)[nH]1. The second kappa shape index (κ2) is 8.69. The second-order valence-electron chi connectivity index (χ2n) is 7.01. The van der Waals surface area contributed by atoms with E-state index in [1.807, 2.05) is 42.3 Å². The van der Waals surface area contributed by atoms with Crippen molar-refractivity contribution in [2.45, 2.75) is 6.42 Å². The molecule has 0 unspecified atom stereocenters. The number of pyridine rings is 1. The molecule has 0 fully saturated rings. The maximum absolute atomic E-state index is 13.4. The van der Waals surface area contributed by atoms with Crippen LogP contribution in [0.1, 0.15) is 5.56 Å². The van der Waals surface area contributed by atoms with Crippen LogP contribution >= 0.6 is 0 Å². The first-order valence-corrected chi connectivity index (χ1v) is 9.67. The van der Waals surface area contributed by atoms with E-state index >= 15 is 0 Å². The van der Waals surface area contributed by atoms with Crippen molar-refractivity contribution in [3.8, 4) is 22.4 Å². The van der Waals surface area contributed by atoms with Crippen LogP contribution < -0.4 is 10.5 Å². The Hall–Kier alpha value is -3.80. The molecule has 0 saturated heterocycles. The topological polar surface area (TPSA) is 61.9 Å².